The van der Waals surface area contributed by atoms with Crippen molar-refractivity contribution < 1.29 is 9.53 Å². The van der Waals surface area contributed by atoms with E-state index in [9.17, 15) is 4.79 Å². The fraction of sp³-hybridized carbons (Fsp3) is 0.733. The first kappa shape index (κ1) is 16.0. The fourth-order valence-corrected chi connectivity index (χ4v) is 2.68. The highest BCUT2D eigenvalue weighted by molar-refractivity contribution is 5.80. The summed E-state index contributed by atoms with van der Waals surface area (Å²) in [5.74, 6) is -0.0622. The molecular weight excluding hydrogens is 268 g/mol. The third-order valence-corrected chi connectivity index (χ3v) is 4.17. The van der Waals surface area contributed by atoms with Gasteiger partial charge in [0.25, 0.3) is 0 Å². The van der Waals surface area contributed by atoms with Crippen LogP contribution in [0.5, 0.6) is 0 Å². The van der Waals surface area contributed by atoms with Gasteiger partial charge in [0.05, 0.1) is 31.4 Å². The van der Waals surface area contributed by atoms with Crippen LogP contribution in [0.4, 0.5) is 0 Å². The molecule has 3 atom stereocenters. The average molecular weight is 294 g/mol. The minimum absolute atomic E-state index is 0.0429. The van der Waals surface area contributed by atoms with Crippen LogP contribution >= 0.6 is 0 Å². The van der Waals surface area contributed by atoms with Crippen molar-refractivity contribution >= 4 is 5.91 Å². The number of hydrogen-bond acceptors (Lipinski definition) is 4. The highest BCUT2D eigenvalue weighted by atomic mass is 16.5. The Morgan fingerprint density at radius 2 is 2.33 bits per heavy atom. The number of hydrogen-bond donors (Lipinski definition) is 2. The van der Waals surface area contributed by atoms with Gasteiger partial charge in [0.2, 0.25) is 5.91 Å². The van der Waals surface area contributed by atoms with E-state index >= 15 is 0 Å². The standard InChI is InChI=1S/C15H26N4O2/c1-5-6-16-14-9-21-8-13(14)15(20)18-10(2)12-7-17-19(4)11(12)3/h7,10,13-14,16H,5-6,8-9H2,1-4H3,(H,18,20). The van der Waals surface area contributed by atoms with Gasteiger partial charge in [-0.2, -0.15) is 5.10 Å². The molecule has 2 N–H and O–H groups in total. The van der Waals surface area contributed by atoms with Crippen LogP contribution in [0.1, 0.15) is 37.6 Å². The second kappa shape index (κ2) is 7.04. The van der Waals surface area contributed by atoms with Gasteiger partial charge in [-0.05, 0) is 26.8 Å². The molecule has 0 spiro atoms. The lowest BCUT2D eigenvalue weighted by Crippen LogP contribution is -2.44. The lowest BCUT2D eigenvalue weighted by molar-refractivity contribution is -0.126. The van der Waals surface area contributed by atoms with E-state index in [1.807, 2.05) is 31.8 Å². The van der Waals surface area contributed by atoms with Gasteiger partial charge in [0, 0.05) is 24.3 Å². The van der Waals surface area contributed by atoms with E-state index in [0.717, 1.165) is 24.2 Å². The summed E-state index contributed by atoms with van der Waals surface area (Å²) in [5.41, 5.74) is 2.13. The van der Waals surface area contributed by atoms with Crippen LogP contribution < -0.4 is 10.6 Å². The molecule has 1 fully saturated rings. The Kier molecular flexibility index (Phi) is 5.36. The largest absolute Gasteiger partial charge is 0.379 e. The molecule has 2 rings (SSSR count). The number of aromatic nitrogens is 2. The summed E-state index contributed by atoms with van der Waals surface area (Å²) in [6.07, 6.45) is 2.87. The van der Waals surface area contributed by atoms with Gasteiger partial charge in [-0.1, -0.05) is 6.92 Å². The van der Waals surface area contributed by atoms with Crippen molar-refractivity contribution in [2.24, 2.45) is 13.0 Å². The number of nitrogens with zero attached hydrogens (tertiary/aromatic N) is 2. The van der Waals surface area contributed by atoms with E-state index in [4.69, 9.17) is 4.74 Å². The van der Waals surface area contributed by atoms with Crippen molar-refractivity contribution in [3.63, 3.8) is 0 Å². The van der Waals surface area contributed by atoms with Crippen molar-refractivity contribution in [2.45, 2.75) is 39.3 Å². The molecule has 0 bridgehead atoms. The molecule has 1 aliphatic rings. The smallest absolute Gasteiger partial charge is 0.227 e. The van der Waals surface area contributed by atoms with Crippen LogP contribution in [-0.4, -0.2) is 41.5 Å². The molecule has 1 aromatic rings. The maximum absolute atomic E-state index is 12.5. The molecule has 0 radical (unpaired) electrons. The van der Waals surface area contributed by atoms with Crippen LogP contribution in [0.25, 0.3) is 0 Å². The topological polar surface area (TPSA) is 68.2 Å². The second-order valence-electron chi connectivity index (χ2n) is 5.74. The highest BCUT2D eigenvalue weighted by Gasteiger charge is 2.34. The Balaban J connectivity index is 1.95. The van der Waals surface area contributed by atoms with Crippen molar-refractivity contribution in [1.82, 2.24) is 20.4 Å². The van der Waals surface area contributed by atoms with Gasteiger partial charge >= 0.3 is 0 Å². The third kappa shape index (κ3) is 3.63. The van der Waals surface area contributed by atoms with Gasteiger partial charge in [-0.3, -0.25) is 9.48 Å². The summed E-state index contributed by atoms with van der Waals surface area (Å²) in [6, 6.07) is 0.0748. The zero-order valence-corrected chi connectivity index (χ0v) is 13.3. The Labute approximate surface area is 126 Å². The Morgan fingerprint density at radius 1 is 1.57 bits per heavy atom. The molecule has 3 unspecified atom stereocenters. The number of carbonyl (C=O) groups is 1. The number of rotatable bonds is 6. The summed E-state index contributed by atoms with van der Waals surface area (Å²) in [6.45, 7) is 8.13. The van der Waals surface area contributed by atoms with E-state index in [-0.39, 0.29) is 23.9 Å². The Bertz CT molecular complexity index is 486. The molecule has 1 aliphatic heterocycles. The van der Waals surface area contributed by atoms with Crippen LogP contribution in [0.2, 0.25) is 0 Å². The van der Waals surface area contributed by atoms with Crippen molar-refractivity contribution in [2.75, 3.05) is 19.8 Å². The first-order valence-corrected chi connectivity index (χ1v) is 7.64. The van der Waals surface area contributed by atoms with Gasteiger partial charge in [-0.15, -0.1) is 0 Å². The van der Waals surface area contributed by atoms with E-state index in [2.05, 4.69) is 22.7 Å². The summed E-state index contributed by atoms with van der Waals surface area (Å²) in [5, 5.41) is 10.7. The Hall–Kier alpha value is -1.40. The molecular formula is C15H26N4O2. The first-order valence-electron chi connectivity index (χ1n) is 7.64. The molecule has 6 nitrogen and oxygen atoms in total. The number of amides is 1. The number of ether oxygens (including phenoxy) is 1. The van der Waals surface area contributed by atoms with E-state index in [1.54, 1.807) is 0 Å². The lowest BCUT2D eigenvalue weighted by atomic mass is 10.0. The van der Waals surface area contributed by atoms with Crippen LogP contribution in [-0.2, 0) is 16.6 Å². The van der Waals surface area contributed by atoms with Crippen molar-refractivity contribution in [1.29, 1.82) is 0 Å². The quantitative estimate of drug-likeness (QED) is 0.819. The summed E-state index contributed by atoms with van der Waals surface area (Å²) in [7, 11) is 1.91. The number of carbonyl (C=O) groups excluding carboxylic acids is 1. The molecule has 0 saturated carbocycles. The lowest BCUT2D eigenvalue weighted by Gasteiger charge is -2.21. The van der Waals surface area contributed by atoms with Crippen LogP contribution in [0.3, 0.4) is 0 Å². The summed E-state index contributed by atoms with van der Waals surface area (Å²) < 4.78 is 7.28. The van der Waals surface area contributed by atoms with Crippen LogP contribution in [0, 0.1) is 12.8 Å². The molecule has 1 aromatic heterocycles. The van der Waals surface area contributed by atoms with E-state index < -0.39 is 0 Å². The first-order chi connectivity index (χ1) is 10.0. The molecule has 118 valence electrons. The van der Waals surface area contributed by atoms with Gasteiger partial charge in [-0.25, -0.2) is 0 Å². The SMILES string of the molecule is CCCNC1COCC1C(=O)NC(C)c1cnn(C)c1C. The normalized spacial score (nSPS) is 23.2. The Morgan fingerprint density at radius 3 is 2.95 bits per heavy atom. The number of aryl methyl sites for hydroxylation is 1. The van der Waals surface area contributed by atoms with Crippen molar-refractivity contribution in [3.8, 4) is 0 Å². The number of nitrogens with one attached hydrogen (secondary N) is 2. The molecule has 1 amide bonds. The minimum Gasteiger partial charge on any atom is -0.379 e. The van der Waals surface area contributed by atoms with E-state index in [1.165, 1.54) is 0 Å². The van der Waals surface area contributed by atoms with Gasteiger partial charge < -0.3 is 15.4 Å². The predicted octanol–water partition coefficient (Wildman–Crippen LogP) is 0.920. The zero-order valence-electron chi connectivity index (χ0n) is 13.3. The highest BCUT2D eigenvalue weighted by Crippen LogP contribution is 2.19. The van der Waals surface area contributed by atoms with E-state index in [0.29, 0.717) is 13.2 Å². The zero-order chi connectivity index (χ0) is 15.4. The molecule has 1 saturated heterocycles. The van der Waals surface area contributed by atoms with Crippen LogP contribution in [0.15, 0.2) is 6.20 Å². The summed E-state index contributed by atoms with van der Waals surface area (Å²) >= 11 is 0. The maximum Gasteiger partial charge on any atom is 0.227 e. The molecule has 6 heteroatoms. The molecule has 0 aromatic carbocycles. The van der Waals surface area contributed by atoms with Gasteiger partial charge in [0.1, 0.15) is 0 Å². The minimum atomic E-state index is -0.115. The summed E-state index contributed by atoms with van der Waals surface area (Å²) in [4.78, 5) is 12.5. The van der Waals surface area contributed by atoms with Crippen molar-refractivity contribution in [3.05, 3.63) is 17.5 Å². The molecule has 0 aliphatic carbocycles. The molecule has 2 heterocycles. The monoisotopic (exact) mass is 294 g/mol. The van der Waals surface area contributed by atoms with Gasteiger partial charge in [0.15, 0.2) is 0 Å². The maximum atomic E-state index is 12.5. The predicted molar refractivity (Wildman–Crippen MR) is 80.9 cm³/mol. The third-order valence-electron chi connectivity index (χ3n) is 4.17. The average Bonchev–Trinajstić information content (AvgIpc) is 3.04. The molecule has 21 heavy (non-hydrogen) atoms. The fourth-order valence-electron chi connectivity index (χ4n) is 2.68. The second-order valence-corrected chi connectivity index (χ2v) is 5.74.